The lowest BCUT2D eigenvalue weighted by Gasteiger charge is -2.45. The van der Waals surface area contributed by atoms with Crippen LogP contribution in [0, 0.1) is 11.8 Å². The van der Waals surface area contributed by atoms with Crippen molar-refractivity contribution in [1.29, 1.82) is 0 Å². The average Bonchev–Trinajstić information content (AvgIpc) is 3.05. The number of rotatable bonds is 9. The number of nitrogens with two attached hydrogens (primary N) is 1. The predicted molar refractivity (Wildman–Crippen MR) is 160 cm³/mol. The van der Waals surface area contributed by atoms with E-state index in [1.165, 1.54) is 11.1 Å². The molecule has 1 fully saturated rings. The molecule has 1 spiro atoms. The second kappa shape index (κ2) is 12.0. The number of aryl methyl sites for hydroxylation is 1. The Kier molecular flexibility index (Phi) is 8.71. The van der Waals surface area contributed by atoms with Gasteiger partial charge in [-0.3, -0.25) is 0 Å². The molecule has 0 bridgehead atoms. The number of nitrogens with zero attached hydrogens (tertiary/aromatic N) is 1. The van der Waals surface area contributed by atoms with E-state index in [0.29, 0.717) is 31.9 Å². The van der Waals surface area contributed by atoms with Crippen LogP contribution in [0.25, 0.3) is 0 Å². The van der Waals surface area contributed by atoms with E-state index in [2.05, 4.69) is 11.0 Å². The third-order valence-electron chi connectivity index (χ3n) is 9.31. The van der Waals surface area contributed by atoms with Crippen LogP contribution in [0.1, 0.15) is 66.9 Å². The molecular weight excluding hydrogens is 564 g/mol. The first-order chi connectivity index (χ1) is 19.5. The highest BCUT2D eigenvalue weighted by Crippen LogP contribution is 2.46. The Labute approximate surface area is 247 Å². The van der Waals surface area contributed by atoms with Crippen LogP contribution < -0.4 is 14.8 Å². The molecule has 1 aliphatic heterocycles. The zero-order valence-corrected chi connectivity index (χ0v) is 24.9. The lowest BCUT2D eigenvalue weighted by atomic mass is 9.68. The number of carboxylic acids is 1. The summed E-state index contributed by atoms with van der Waals surface area (Å²) in [7, 11) is -3.63. The average molecular weight is 603 g/mol. The monoisotopic (exact) mass is 602 g/mol. The molecule has 222 valence electrons. The summed E-state index contributed by atoms with van der Waals surface area (Å²) >= 11 is 6.35. The molecule has 0 saturated heterocycles. The Morgan fingerprint density at radius 1 is 1.27 bits per heavy atom. The van der Waals surface area contributed by atoms with E-state index in [0.717, 1.165) is 42.8 Å². The smallest absolute Gasteiger partial charge is 0.335 e. The Hall–Kier alpha value is -2.59. The molecular formula is C31H39ClN2O6S. The minimum atomic E-state index is -3.63. The van der Waals surface area contributed by atoms with Gasteiger partial charge >= 0.3 is 5.97 Å². The Bertz CT molecular complexity index is 1430. The molecule has 0 aromatic heterocycles. The fourth-order valence-corrected chi connectivity index (χ4v) is 7.89. The molecule has 41 heavy (non-hydrogen) atoms. The fourth-order valence-electron chi connectivity index (χ4n) is 6.85. The Morgan fingerprint density at radius 3 is 2.76 bits per heavy atom. The van der Waals surface area contributed by atoms with Gasteiger partial charge in [-0.15, -0.1) is 0 Å². The number of hydrogen-bond donors (Lipinski definition) is 3. The first-order valence-corrected chi connectivity index (χ1v) is 16.4. The zero-order valence-electron chi connectivity index (χ0n) is 23.3. The second-order valence-corrected chi connectivity index (χ2v) is 14.1. The summed E-state index contributed by atoms with van der Waals surface area (Å²) < 4.78 is 29.9. The highest BCUT2D eigenvalue weighted by molar-refractivity contribution is 7.89. The number of carboxylic acid groups (broad SMARTS) is 1. The number of allylic oxidation sites excluding steroid dienone is 1. The molecule has 2 aromatic carbocycles. The summed E-state index contributed by atoms with van der Waals surface area (Å²) in [5.41, 5.74) is 3.16. The molecule has 1 saturated carbocycles. The minimum Gasteiger partial charge on any atom is -0.490 e. The van der Waals surface area contributed by atoms with Crippen LogP contribution in [-0.2, 0) is 21.9 Å². The maximum absolute atomic E-state index is 11.9. The highest BCUT2D eigenvalue weighted by atomic mass is 35.5. The van der Waals surface area contributed by atoms with Crippen molar-refractivity contribution in [2.45, 2.75) is 68.6 Å². The van der Waals surface area contributed by atoms with Crippen LogP contribution in [0.4, 0.5) is 5.69 Å². The van der Waals surface area contributed by atoms with Gasteiger partial charge < -0.3 is 19.8 Å². The maximum Gasteiger partial charge on any atom is 0.335 e. The van der Waals surface area contributed by atoms with Gasteiger partial charge in [0.2, 0.25) is 10.0 Å². The summed E-state index contributed by atoms with van der Waals surface area (Å²) in [6.45, 7) is 3.58. The topological polar surface area (TPSA) is 130 Å². The number of benzene rings is 2. The maximum atomic E-state index is 11.9. The van der Waals surface area contributed by atoms with E-state index in [9.17, 15) is 23.4 Å². The van der Waals surface area contributed by atoms with E-state index in [1.807, 2.05) is 12.1 Å². The molecule has 0 radical (unpaired) electrons. The lowest BCUT2D eigenvalue weighted by Crippen LogP contribution is -2.49. The Morgan fingerprint density at radius 2 is 2.07 bits per heavy atom. The third kappa shape index (κ3) is 6.28. The molecule has 1 unspecified atom stereocenters. The first kappa shape index (κ1) is 29.9. The highest BCUT2D eigenvalue weighted by Gasteiger charge is 2.44. The van der Waals surface area contributed by atoms with E-state index in [-0.39, 0.29) is 29.2 Å². The molecule has 5 rings (SSSR count). The second-order valence-electron chi connectivity index (χ2n) is 11.9. The van der Waals surface area contributed by atoms with Crippen LogP contribution in [0.5, 0.6) is 5.75 Å². The van der Waals surface area contributed by atoms with E-state index >= 15 is 0 Å². The molecule has 8 nitrogen and oxygen atoms in total. The Balaban J connectivity index is 1.41. The SMILES string of the molecule is CC[C@H](C/C=C/[C@H](O)[C@@H]1CC[C@H]1CN1CC2(CCCc3cc(Cl)ccc32)COc2ccc(C(=O)O)cc21)S(N)(=O)=O. The van der Waals surface area contributed by atoms with Crippen molar-refractivity contribution in [3.63, 3.8) is 0 Å². The summed E-state index contributed by atoms with van der Waals surface area (Å²) in [5, 5.41) is 26.1. The number of aliphatic hydroxyl groups is 1. The number of carbonyl (C=O) groups is 1. The summed E-state index contributed by atoms with van der Waals surface area (Å²) in [6, 6.07) is 11.1. The molecule has 10 heteroatoms. The largest absolute Gasteiger partial charge is 0.490 e. The third-order valence-corrected chi connectivity index (χ3v) is 11.0. The van der Waals surface area contributed by atoms with Gasteiger partial charge in [0.15, 0.2) is 0 Å². The molecule has 0 amide bonds. The minimum absolute atomic E-state index is 0.0180. The fraction of sp³-hybridized carbons (Fsp3) is 0.516. The van der Waals surface area contributed by atoms with Gasteiger partial charge in [0.1, 0.15) is 5.75 Å². The molecule has 5 atom stereocenters. The van der Waals surface area contributed by atoms with Crippen molar-refractivity contribution in [3.8, 4) is 5.75 Å². The number of fused-ring (bicyclic) bond motifs is 3. The number of hydrogen-bond acceptors (Lipinski definition) is 6. The summed E-state index contributed by atoms with van der Waals surface area (Å²) in [5.74, 6) is -0.127. The van der Waals surface area contributed by atoms with Crippen molar-refractivity contribution in [3.05, 3.63) is 70.3 Å². The van der Waals surface area contributed by atoms with Crippen LogP contribution >= 0.6 is 11.6 Å². The number of aliphatic hydroxyl groups excluding tert-OH is 1. The van der Waals surface area contributed by atoms with E-state index < -0.39 is 27.3 Å². The van der Waals surface area contributed by atoms with Gasteiger partial charge in [0.05, 0.1) is 29.2 Å². The van der Waals surface area contributed by atoms with Crippen LogP contribution in [0.2, 0.25) is 5.02 Å². The summed E-state index contributed by atoms with van der Waals surface area (Å²) in [4.78, 5) is 14.1. The first-order valence-electron chi connectivity index (χ1n) is 14.4. The molecule has 3 aliphatic rings. The van der Waals surface area contributed by atoms with Crippen LogP contribution in [0.15, 0.2) is 48.6 Å². The predicted octanol–water partition coefficient (Wildman–Crippen LogP) is 4.91. The van der Waals surface area contributed by atoms with E-state index in [4.69, 9.17) is 21.5 Å². The van der Waals surface area contributed by atoms with Crippen molar-refractivity contribution >= 4 is 33.3 Å². The van der Waals surface area contributed by atoms with Crippen LogP contribution in [-0.4, -0.2) is 55.7 Å². The van der Waals surface area contributed by atoms with Gasteiger partial charge in [0, 0.05) is 23.5 Å². The van der Waals surface area contributed by atoms with Crippen molar-refractivity contribution in [1.82, 2.24) is 0 Å². The van der Waals surface area contributed by atoms with Gasteiger partial charge in [-0.1, -0.05) is 36.7 Å². The van der Waals surface area contributed by atoms with Gasteiger partial charge in [-0.05, 0) is 98.2 Å². The molecule has 2 aromatic rings. The standard InChI is InChI=1S/C31H39ClN2O6S/c1-2-24(41(33,38)39)6-3-7-28(35)25-11-8-22(25)17-34-18-31(14-4-5-20-15-23(32)10-12-26(20)31)19-40-29-13-9-21(30(36)37)16-27(29)34/h3,7,9-10,12-13,15-16,22,24-25,28,35H,2,4-6,8,11,14,17-19H2,1H3,(H,36,37)(H2,33,38,39)/b7-3+/t22-,24+,25+,28-,31?/m0/s1. The summed E-state index contributed by atoms with van der Waals surface area (Å²) in [6.07, 6.45) is 8.13. The normalized spacial score (nSPS) is 25.5. The number of halogens is 1. The van der Waals surface area contributed by atoms with Gasteiger partial charge in [0.25, 0.3) is 0 Å². The van der Waals surface area contributed by atoms with Gasteiger partial charge in [-0.2, -0.15) is 0 Å². The lowest BCUT2D eigenvalue weighted by molar-refractivity contribution is 0.0456. The number of ether oxygens (including phenoxy) is 1. The number of aromatic carboxylic acids is 1. The van der Waals surface area contributed by atoms with E-state index in [1.54, 1.807) is 37.3 Å². The van der Waals surface area contributed by atoms with Gasteiger partial charge in [-0.25, -0.2) is 18.4 Å². The quantitative estimate of drug-likeness (QED) is 0.348. The molecule has 1 heterocycles. The van der Waals surface area contributed by atoms with Crippen molar-refractivity contribution in [2.24, 2.45) is 17.0 Å². The van der Waals surface area contributed by atoms with Crippen molar-refractivity contribution in [2.75, 3.05) is 24.6 Å². The number of primary sulfonamides is 1. The van der Waals surface area contributed by atoms with Crippen molar-refractivity contribution < 1.29 is 28.2 Å². The zero-order chi connectivity index (χ0) is 29.4. The molecule has 4 N–H and O–H groups in total. The molecule has 2 aliphatic carbocycles. The number of sulfonamides is 1. The number of anilines is 1. The van der Waals surface area contributed by atoms with Crippen LogP contribution in [0.3, 0.4) is 0 Å².